The lowest BCUT2D eigenvalue weighted by Crippen LogP contribution is -2.68. The van der Waals surface area contributed by atoms with E-state index in [1.54, 1.807) is 0 Å². The van der Waals surface area contributed by atoms with Crippen molar-refractivity contribution in [1.29, 1.82) is 0 Å². The van der Waals surface area contributed by atoms with Crippen LogP contribution >= 0.6 is 34.2 Å². The van der Waals surface area contributed by atoms with Crippen LogP contribution in [0.15, 0.2) is 0 Å². The second kappa shape index (κ2) is 20.2. The molecule has 0 radical (unpaired) electrons. The minimum absolute atomic E-state index is 0.157. The van der Waals surface area contributed by atoms with Crippen LogP contribution in [0, 0.1) is 0 Å². The Hall–Kier alpha value is -3.84. The standard InChI is InChI=1S/C14H20N2O12S2.C7H11NO6S/c15-6(11(25)26)5-29-30-13(1-7(17)18,2-8(19)20)14(12(27)28,3-9(21)22)16-4-10(23)24;9-5(10)1-8(2-6(11)12)4(3-15)7(13)14/h6,16H,1-5,15H2,(H,17,18)(H,19,20)(H,21,22)(H,23,24)(H,25,26)(H,27,28);4,15H,1-3H2,(H,9,10)(H,11,12)(H,13,14)/t6-,14+;4-/m00/s1. The third-order valence-electron chi connectivity index (χ3n) is 5.33. The molecule has 0 aromatic carbocycles. The Bertz CT molecular complexity index is 1110. The molecule has 21 nitrogen and oxygen atoms in total. The smallest absolute Gasteiger partial charge is 0.326 e. The third kappa shape index (κ3) is 15.6. The van der Waals surface area contributed by atoms with Gasteiger partial charge in [0.1, 0.15) is 17.6 Å². The van der Waals surface area contributed by atoms with Crippen LogP contribution in [0.5, 0.6) is 0 Å². The summed E-state index contributed by atoms with van der Waals surface area (Å²) in [4.78, 5) is 101. The fraction of sp³-hybridized carbons (Fsp3) is 0.571. The highest BCUT2D eigenvalue weighted by atomic mass is 33.1. The number of nitrogens with zero attached hydrogens (tertiary/aromatic N) is 1. The number of hydrogen-bond acceptors (Lipinski definition) is 15. The summed E-state index contributed by atoms with van der Waals surface area (Å²) in [6.07, 6.45) is -3.77. The SMILES string of the molecule is N[C@@H](CSSC(CC(=O)O)(CC(=O)O)[C@](CC(=O)O)(NCC(=O)O)C(=O)O)C(=O)O.O=C(O)CN(CC(=O)O)[C@@H](CS)C(=O)O. The van der Waals surface area contributed by atoms with E-state index in [4.69, 9.17) is 31.3 Å². The largest absolute Gasteiger partial charge is 0.481 e. The van der Waals surface area contributed by atoms with Crippen molar-refractivity contribution in [3.63, 3.8) is 0 Å². The number of carbonyl (C=O) groups is 9. The van der Waals surface area contributed by atoms with Crippen LogP contribution in [0.4, 0.5) is 0 Å². The number of thiol groups is 1. The van der Waals surface area contributed by atoms with Crippen molar-refractivity contribution < 1.29 is 89.1 Å². The van der Waals surface area contributed by atoms with Gasteiger partial charge in [-0.3, -0.25) is 53.4 Å². The van der Waals surface area contributed by atoms with E-state index < -0.39 is 121 Å². The first-order valence-corrected chi connectivity index (χ1v) is 14.7. The first-order valence-electron chi connectivity index (χ1n) is 11.7. The van der Waals surface area contributed by atoms with Gasteiger partial charge in [-0.2, -0.15) is 12.6 Å². The van der Waals surface area contributed by atoms with Crippen LogP contribution in [0.25, 0.3) is 0 Å². The molecule has 256 valence electrons. The lowest BCUT2D eigenvalue weighted by atomic mass is 9.75. The average molecular weight is 710 g/mol. The summed E-state index contributed by atoms with van der Waals surface area (Å²) in [6, 6.07) is -2.69. The Labute approximate surface area is 265 Å². The lowest BCUT2D eigenvalue weighted by Gasteiger charge is -2.45. The number of rotatable bonds is 23. The molecule has 0 spiro atoms. The van der Waals surface area contributed by atoms with Crippen LogP contribution in [-0.4, -0.2) is 158 Å². The molecule has 24 heteroatoms. The lowest BCUT2D eigenvalue weighted by molar-refractivity contribution is -0.156. The van der Waals surface area contributed by atoms with E-state index in [2.05, 4.69) is 12.6 Å². The van der Waals surface area contributed by atoms with E-state index in [-0.39, 0.29) is 5.75 Å². The van der Waals surface area contributed by atoms with Gasteiger partial charge in [0.25, 0.3) is 0 Å². The zero-order chi connectivity index (χ0) is 35.7. The Balaban J connectivity index is 0. The molecule has 45 heavy (non-hydrogen) atoms. The quantitative estimate of drug-likeness (QED) is 0.0378. The zero-order valence-corrected chi connectivity index (χ0v) is 25.3. The predicted octanol–water partition coefficient (Wildman–Crippen LogP) is -2.72. The van der Waals surface area contributed by atoms with Crippen molar-refractivity contribution >= 4 is 87.9 Å². The zero-order valence-electron chi connectivity index (χ0n) is 22.8. The highest BCUT2D eigenvalue weighted by molar-refractivity contribution is 8.77. The van der Waals surface area contributed by atoms with E-state index in [9.17, 15) is 63.6 Å². The molecule has 0 aromatic rings. The average Bonchev–Trinajstić information content (AvgIpc) is 2.84. The Morgan fingerprint density at radius 1 is 0.689 bits per heavy atom. The molecule has 0 bridgehead atoms. The Morgan fingerprint density at radius 2 is 1.13 bits per heavy atom. The van der Waals surface area contributed by atoms with Gasteiger partial charge in [-0.25, -0.2) is 0 Å². The fourth-order valence-corrected chi connectivity index (χ4v) is 7.24. The van der Waals surface area contributed by atoms with Crippen LogP contribution in [0.3, 0.4) is 0 Å². The van der Waals surface area contributed by atoms with E-state index >= 15 is 0 Å². The van der Waals surface area contributed by atoms with Gasteiger partial charge in [0.05, 0.1) is 43.6 Å². The number of hydrogen-bond donors (Lipinski definition) is 12. The number of nitrogens with two attached hydrogens (primary N) is 1. The molecule has 0 aliphatic heterocycles. The molecule has 0 heterocycles. The second-order valence-electron chi connectivity index (χ2n) is 8.71. The summed E-state index contributed by atoms with van der Waals surface area (Å²) in [5.74, 6) is -14.7. The van der Waals surface area contributed by atoms with Crippen LogP contribution in [0.1, 0.15) is 19.3 Å². The maximum atomic E-state index is 12.1. The summed E-state index contributed by atoms with van der Waals surface area (Å²) in [5.41, 5.74) is 2.46. The van der Waals surface area contributed by atoms with E-state index in [0.29, 0.717) is 21.6 Å². The second-order valence-corrected chi connectivity index (χ2v) is 11.8. The predicted molar refractivity (Wildman–Crippen MR) is 153 cm³/mol. The fourth-order valence-electron chi connectivity index (χ4n) is 3.43. The van der Waals surface area contributed by atoms with Gasteiger partial charge in [-0.05, 0) is 0 Å². The molecule has 0 aromatic heterocycles. The molecule has 0 saturated heterocycles. The van der Waals surface area contributed by atoms with Crippen molar-refractivity contribution in [1.82, 2.24) is 10.2 Å². The van der Waals surface area contributed by atoms with Gasteiger partial charge in [-0.1, -0.05) is 21.6 Å². The molecule has 3 atom stereocenters. The van der Waals surface area contributed by atoms with E-state index in [1.165, 1.54) is 0 Å². The summed E-state index contributed by atoms with van der Waals surface area (Å²) in [7, 11) is 0.839. The first kappa shape index (κ1) is 43.3. The normalized spacial score (nSPS) is 13.7. The topological polar surface area (TPSA) is 377 Å². The van der Waals surface area contributed by atoms with Gasteiger partial charge in [-0.15, -0.1) is 0 Å². The van der Waals surface area contributed by atoms with Crippen LogP contribution < -0.4 is 11.1 Å². The minimum Gasteiger partial charge on any atom is -0.481 e. The Kier molecular flexibility index (Phi) is 19.5. The molecule has 0 saturated carbocycles. The highest BCUT2D eigenvalue weighted by Crippen LogP contribution is 2.50. The van der Waals surface area contributed by atoms with Crippen molar-refractivity contribution in [2.75, 3.05) is 31.1 Å². The van der Waals surface area contributed by atoms with E-state index in [1.807, 2.05) is 5.32 Å². The Morgan fingerprint density at radius 3 is 1.42 bits per heavy atom. The van der Waals surface area contributed by atoms with Gasteiger partial charge < -0.3 is 51.7 Å². The van der Waals surface area contributed by atoms with Crippen LogP contribution in [-0.2, 0) is 43.2 Å². The van der Waals surface area contributed by atoms with Crippen molar-refractivity contribution in [2.24, 2.45) is 5.73 Å². The molecule has 0 rings (SSSR count). The van der Waals surface area contributed by atoms with Gasteiger partial charge in [0.15, 0.2) is 0 Å². The van der Waals surface area contributed by atoms with Crippen LogP contribution in [0.2, 0.25) is 0 Å². The van der Waals surface area contributed by atoms with Gasteiger partial charge in [0, 0.05) is 11.5 Å². The summed E-state index contributed by atoms with van der Waals surface area (Å²) in [6.45, 7) is -2.42. The number of aliphatic carboxylic acids is 9. The van der Waals surface area contributed by atoms with Crippen molar-refractivity contribution in [3.05, 3.63) is 0 Å². The summed E-state index contributed by atoms with van der Waals surface area (Å²) in [5, 5.41) is 83.0. The number of nitrogens with one attached hydrogen (secondary N) is 1. The number of carboxylic acid groups (broad SMARTS) is 9. The number of carboxylic acids is 9. The molecule has 0 fully saturated rings. The maximum Gasteiger partial charge on any atom is 0.326 e. The molecule has 0 aliphatic rings. The first-order chi connectivity index (χ1) is 20.6. The van der Waals surface area contributed by atoms with Gasteiger partial charge in [0.2, 0.25) is 0 Å². The molecule has 0 unspecified atom stereocenters. The molecular weight excluding hydrogens is 678 g/mol. The van der Waals surface area contributed by atoms with Crippen molar-refractivity contribution in [3.8, 4) is 0 Å². The van der Waals surface area contributed by atoms with Crippen molar-refractivity contribution in [2.45, 2.75) is 41.6 Å². The maximum absolute atomic E-state index is 12.1. The summed E-state index contributed by atoms with van der Waals surface area (Å²) < 4.78 is -2.45. The molecular formula is C21H31N3O18S3. The molecule has 0 amide bonds. The molecule has 12 N–H and O–H groups in total. The third-order valence-corrected chi connectivity index (χ3v) is 8.97. The van der Waals surface area contributed by atoms with Gasteiger partial charge >= 0.3 is 53.7 Å². The monoisotopic (exact) mass is 709 g/mol. The summed E-state index contributed by atoms with van der Waals surface area (Å²) >= 11 is 3.73. The van der Waals surface area contributed by atoms with E-state index in [0.717, 1.165) is 4.90 Å². The highest BCUT2D eigenvalue weighted by Gasteiger charge is 2.61. The molecule has 0 aliphatic carbocycles. The minimum atomic E-state index is -2.86.